The van der Waals surface area contributed by atoms with Gasteiger partial charge in [-0.3, -0.25) is 4.79 Å². The van der Waals surface area contributed by atoms with Gasteiger partial charge in [-0.15, -0.1) is 0 Å². The van der Waals surface area contributed by atoms with E-state index in [4.69, 9.17) is 11.6 Å². The molecule has 0 bridgehead atoms. The van der Waals surface area contributed by atoms with Crippen molar-refractivity contribution in [1.82, 2.24) is 15.3 Å². The molecule has 0 aliphatic rings. The maximum Gasteiger partial charge on any atom is 0.244 e. The van der Waals surface area contributed by atoms with E-state index in [0.29, 0.717) is 11.6 Å². The average molecular weight is 312 g/mol. The molecule has 1 heterocycles. The van der Waals surface area contributed by atoms with Crippen molar-refractivity contribution < 1.29 is 4.79 Å². The van der Waals surface area contributed by atoms with Gasteiger partial charge in [-0.2, -0.15) is 0 Å². The number of aromatic amines is 1. The molecule has 1 amide bonds. The zero-order valence-electron chi connectivity index (χ0n) is 11.7. The van der Waals surface area contributed by atoms with E-state index in [1.807, 2.05) is 36.4 Å². The van der Waals surface area contributed by atoms with Crippen LogP contribution in [0.4, 0.5) is 0 Å². The SMILES string of the molecule is O=C(/C=C/c1cccc(Cl)c1)NCc1nc2ccccc2[nH]1. The molecule has 0 aliphatic heterocycles. The molecule has 2 aromatic carbocycles. The summed E-state index contributed by atoms with van der Waals surface area (Å²) in [6.45, 7) is 0.355. The van der Waals surface area contributed by atoms with Gasteiger partial charge in [0.05, 0.1) is 17.6 Å². The van der Waals surface area contributed by atoms with E-state index in [0.717, 1.165) is 22.4 Å². The highest BCUT2D eigenvalue weighted by Crippen LogP contribution is 2.12. The maximum absolute atomic E-state index is 11.8. The monoisotopic (exact) mass is 311 g/mol. The summed E-state index contributed by atoms with van der Waals surface area (Å²) in [7, 11) is 0. The van der Waals surface area contributed by atoms with Crippen molar-refractivity contribution in [1.29, 1.82) is 0 Å². The third-order valence-electron chi connectivity index (χ3n) is 3.14. The summed E-state index contributed by atoms with van der Waals surface area (Å²) in [6.07, 6.45) is 3.20. The predicted molar refractivity (Wildman–Crippen MR) is 88.4 cm³/mol. The van der Waals surface area contributed by atoms with Gasteiger partial charge in [0.1, 0.15) is 5.82 Å². The third-order valence-corrected chi connectivity index (χ3v) is 3.38. The zero-order chi connectivity index (χ0) is 15.4. The van der Waals surface area contributed by atoms with Crippen LogP contribution in [0.3, 0.4) is 0 Å². The topological polar surface area (TPSA) is 57.8 Å². The summed E-state index contributed by atoms with van der Waals surface area (Å²) >= 11 is 5.89. The number of hydrogen-bond acceptors (Lipinski definition) is 2. The molecule has 3 aromatic rings. The smallest absolute Gasteiger partial charge is 0.244 e. The van der Waals surface area contributed by atoms with E-state index in [1.165, 1.54) is 6.08 Å². The highest BCUT2D eigenvalue weighted by Gasteiger charge is 2.02. The molecule has 5 heteroatoms. The average Bonchev–Trinajstić information content (AvgIpc) is 2.94. The van der Waals surface area contributed by atoms with Crippen molar-refractivity contribution in [3.05, 3.63) is 71.0 Å². The van der Waals surface area contributed by atoms with Crippen LogP contribution < -0.4 is 5.32 Å². The first-order valence-corrected chi connectivity index (χ1v) is 7.23. The number of benzene rings is 2. The number of aromatic nitrogens is 2. The largest absolute Gasteiger partial charge is 0.345 e. The molecule has 4 nitrogen and oxygen atoms in total. The van der Waals surface area contributed by atoms with Crippen molar-refractivity contribution in [2.45, 2.75) is 6.54 Å². The molecule has 0 saturated carbocycles. The van der Waals surface area contributed by atoms with Crippen LogP contribution in [0.25, 0.3) is 17.1 Å². The predicted octanol–water partition coefficient (Wildman–Crippen LogP) is 3.55. The van der Waals surface area contributed by atoms with Gasteiger partial charge >= 0.3 is 0 Å². The van der Waals surface area contributed by atoms with Crippen molar-refractivity contribution >= 4 is 34.6 Å². The fourth-order valence-electron chi connectivity index (χ4n) is 2.10. The quantitative estimate of drug-likeness (QED) is 0.724. The number of H-pyrrole nitrogens is 1. The molecule has 110 valence electrons. The molecule has 0 radical (unpaired) electrons. The number of nitrogens with one attached hydrogen (secondary N) is 2. The number of hydrogen-bond donors (Lipinski definition) is 2. The third kappa shape index (κ3) is 3.54. The van der Waals surface area contributed by atoms with Crippen LogP contribution in [0.5, 0.6) is 0 Å². The summed E-state index contributed by atoms with van der Waals surface area (Å²) in [5.74, 6) is 0.547. The van der Waals surface area contributed by atoms with Crippen LogP contribution in [0.1, 0.15) is 11.4 Å². The van der Waals surface area contributed by atoms with Crippen LogP contribution >= 0.6 is 11.6 Å². The molecule has 3 rings (SSSR count). The Morgan fingerprint density at radius 3 is 2.91 bits per heavy atom. The Bertz CT molecular complexity index is 806. The standard InChI is InChI=1S/C17H14ClN3O/c18-13-5-3-4-12(10-13)8-9-17(22)19-11-16-20-14-6-1-2-7-15(14)21-16/h1-10H,11H2,(H,19,22)(H,20,21)/b9-8+. The van der Waals surface area contributed by atoms with Crippen molar-refractivity contribution in [2.75, 3.05) is 0 Å². The fraction of sp³-hybridized carbons (Fsp3) is 0.0588. The molecule has 2 N–H and O–H groups in total. The lowest BCUT2D eigenvalue weighted by Gasteiger charge is -1.99. The molecule has 0 unspecified atom stereocenters. The summed E-state index contributed by atoms with van der Waals surface area (Å²) in [6, 6.07) is 15.1. The van der Waals surface area contributed by atoms with Crippen LogP contribution in [0.2, 0.25) is 5.02 Å². The number of rotatable bonds is 4. The summed E-state index contributed by atoms with van der Waals surface area (Å²) < 4.78 is 0. The molecule has 0 aliphatic carbocycles. The van der Waals surface area contributed by atoms with Crippen LogP contribution in [-0.2, 0) is 11.3 Å². The highest BCUT2D eigenvalue weighted by molar-refractivity contribution is 6.30. The van der Waals surface area contributed by atoms with Crippen molar-refractivity contribution in [3.8, 4) is 0 Å². The van der Waals surface area contributed by atoms with Gasteiger partial charge in [-0.1, -0.05) is 35.9 Å². The number of amides is 1. The summed E-state index contributed by atoms with van der Waals surface area (Å²) in [5.41, 5.74) is 2.73. The number of carbonyl (C=O) groups excluding carboxylic acids is 1. The minimum Gasteiger partial charge on any atom is -0.345 e. The lowest BCUT2D eigenvalue weighted by molar-refractivity contribution is -0.116. The summed E-state index contributed by atoms with van der Waals surface area (Å²) in [5, 5.41) is 3.44. The number of fused-ring (bicyclic) bond motifs is 1. The van der Waals surface area contributed by atoms with Gasteiger partial charge < -0.3 is 10.3 Å². The second-order valence-corrected chi connectivity index (χ2v) is 5.24. The second-order valence-electron chi connectivity index (χ2n) is 4.81. The van der Waals surface area contributed by atoms with E-state index in [2.05, 4.69) is 15.3 Å². The Kier molecular flexibility index (Phi) is 4.21. The molecule has 0 saturated heterocycles. The van der Waals surface area contributed by atoms with Gasteiger partial charge in [0.2, 0.25) is 5.91 Å². The molecule has 0 atom stereocenters. The van der Waals surface area contributed by atoms with Gasteiger partial charge in [0.25, 0.3) is 0 Å². The lowest BCUT2D eigenvalue weighted by Crippen LogP contribution is -2.20. The molecule has 0 fully saturated rings. The van der Waals surface area contributed by atoms with Crippen LogP contribution in [0, 0.1) is 0 Å². The Morgan fingerprint density at radius 2 is 2.09 bits per heavy atom. The molecule has 0 spiro atoms. The van der Waals surface area contributed by atoms with Gasteiger partial charge in [0.15, 0.2) is 0 Å². The Balaban J connectivity index is 1.60. The Labute approximate surface area is 132 Å². The highest BCUT2D eigenvalue weighted by atomic mass is 35.5. The van der Waals surface area contributed by atoms with Crippen molar-refractivity contribution in [2.24, 2.45) is 0 Å². The first-order valence-electron chi connectivity index (χ1n) is 6.86. The van der Waals surface area contributed by atoms with Gasteiger partial charge in [0, 0.05) is 11.1 Å². The normalized spacial score (nSPS) is 11.1. The molecular formula is C17H14ClN3O. The molecule has 22 heavy (non-hydrogen) atoms. The Hall–Kier alpha value is -2.59. The number of halogens is 1. The first-order chi connectivity index (χ1) is 10.7. The Morgan fingerprint density at radius 1 is 1.23 bits per heavy atom. The first kappa shape index (κ1) is 14.4. The van der Waals surface area contributed by atoms with E-state index in [-0.39, 0.29) is 5.91 Å². The van der Waals surface area contributed by atoms with E-state index >= 15 is 0 Å². The van der Waals surface area contributed by atoms with E-state index in [9.17, 15) is 4.79 Å². The summed E-state index contributed by atoms with van der Waals surface area (Å²) in [4.78, 5) is 19.4. The minimum atomic E-state index is -0.180. The second kappa shape index (κ2) is 6.45. The fourth-order valence-corrected chi connectivity index (χ4v) is 2.30. The number of nitrogens with zero attached hydrogens (tertiary/aromatic N) is 1. The minimum absolute atomic E-state index is 0.180. The van der Waals surface area contributed by atoms with E-state index in [1.54, 1.807) is 18.2 Å². The van der Waals surface area contributed by atoms with Gasteiger partial charge in [-0.05, 0) is 35.9 Å². The maximum atomic E-state index is 11.8. The zero-order valence-corrected chi connectivity index (χ0v) is 12.5. The molecular weight excluding hydrogens is 298 g/mol. The number of para-hydroxylation sites is 2. The van der Waals surface area contributed by atoms with Crippen LogP contribution in [0.15, 0.2) is 54.6 Å². The lowest BCUT2D eigenvalue weighted by atomic mass is 10.2. The number of carbonyl (C=O) groups is 1. The van der Waals surface area contributed by atoms with Crippen LogP contribution in [-0.4, -0.2) is 15.9 Å². The molecule has 1 aromatic heterocycles. The van der Waals surface area contributed by atoms with E-state index < -0.39 is 0 Å². The van der Waals surface area contributed by atoms with Crippen molar-refractivity contribution in [3.63, 3.8) is 0 Å². The number of imidazole rings is 1. The van der Waals surface area contributed by atoms with Gasteiger partial charge in [-0.25, -0.2) is 4.98 Å².